The number of ether oxygens (including phenoxy) is 1. The number of rotatable bonds is 5. The number of halogens is 3. The maximum Gasteiger partial charge on any atom is 0.471 e. The second kappa shape index (κ2) is 7.38. The molecule has 2 amide bonds. The number of methoxy groups -OCH3 is 1. The van der Waals surface area contributed by atoms with Crippen molar-refractivity contribution >= 4 is 17.5 Å². The summed E-state index contributed by atoms with van der Waals surface area (Å²) in [6.45, 7) is -0.437. The van der Waals surface area contributed by atoms with E-state index in [1.807, 2.05) is 0 Å². The minimum atomic E-state index is -4.99. The molecule has 10 heteroatoms. The molecule has 0 radical (unpaired) electrons. The highest BCUT2D eigenvalue weighted by molar-refractivity contribution is 5.99. The Bertz CT molecular complexity index is 626. The molecule has 0 saturated carbocycles. The lowest BCUT2D eigenvalue weighted by molar-refractivity contribution is -0.174. The Morgan fingerprint density at radius 2 is 1.96 bits per heavy atom. The number of hydrogen-bond donors (Lipinski definition) is 2. The molecule has 1 heterocycles. The van der Waals surface area contributed by atoms with E-state index in [1.54, 1.807) is 42.7 Å². The van der Waals surface area contributed by atoms with Crippen molar-refractivity contribution in [1.29, 1.82) is 0 Å². The van der Waals surface area contributed by atoms with E-state index < -0.39 is 42.7 Å². The van der Waals surface area contributed by atoms with Crippen LogP contribution in [0.3, 0.4) is 0 Å². The first-order valence-corrected chi connectivity index (χ1v) is 7.43. The quantitative estimate of drug-likeness (QED) is 0.787. The minimum Gasteiger partial charge on any atom is -0.378 e. The highest BCUT2D eigenvalue weighted by Gasteiger charge is 2.48. The molecule has 2 rings (SSSR count). The number of amides is 2. The van der Waals surface area contributed by atoms with E-state index in [2.05, 4.69) is 0 Å². The lowest BCUT2D eigenvalue weighted by atomic mass is 10.0. The first-order chi connectivity index (χ1) is 11.7. The van der Waals surface area contributed by atoms with E-state index in [9.17, 15) is 22.8 Å². The minimum absolute atomic E-state index is 0.414. The third-order valence-corrected chi connectivity index (χ3v) is 4.01. The summed E-state index contributed by atoms with van der Waals surface area (Å²) in [4.78, 5) is 23.5. The van der Waals surface area contributed by atoms with Crippen molar-refractivity contribution in [1.82, 2.24) is 10.3 Å². The zero-order valence-electron chi connectivity index (χ0n) is 13.7. The maximum absolute atomic E-state index is 12.5. The van der Waals surface area contributed by atoms with Crippen LogP contribution < -0.4 is 16.1 Å². The standard InChI is InChI=1S/C15H19F3N4O3/c1-21-12(10(25-2)8-20-14(24)15(16,17)18)11(19)13(23)22(21)9-6-4-3-5-7-9/h3-7,10-12H,8,19H2,1-2H3,(H,20,24). The van der Waals surface area contributed by atoms with Crippen molar-refractivity contribution in [2.24, 2.45) is 5.73 Å². The van der Waals surface area contributed by atoms with E-state index >= 15 is 0 Å². The Kier molecular flexibility index (Phi) is 5.65. The highest BCUT2D eigenvalue weighted by atomic mass is 19.4. The van der Waals surface area contributed by atoms with Gasteiger partial charge in [-0.25, -0.2) is 10.0 Å². The molecule has 3 unspecified atom stereocenters. The van der Waals surface area contributed by atoms with Gasteiger partial charge < -0.3 is 15.8 Å². The van der Waals surface area contributed by atoms with E-state index in [4.69, 9.17) is 10.5 Å². The predicted octanol–water partition coefficient (Wildman–Crippen LogP) is 0.269. The third kappa shape index (κ3) is 3.91. The molecule has 1 aliphatic heterocycles. The number of alkyl halides is 3. The molecular formula is C15H19F3N4O3. The molecular weight excluding hydrogens is 341 g/mol. The molecule has 3 N–H and O–H groups in total. The molecule has 0 aromatic heterocycles. The largest absolute Gasteiger partial charge is 0.471 e. The van der Waals surface area contributed by atoms with Crippen LogP contribution in [0.15, 0.2) is 30.3 Å². The number of nitrogens with one attached hydrogen (secondary N) is 1. The van der Waals surface area contributed by atoms with E-state index in [0.29, 0.717) is 5.69 Å². The summed E-state index contributed by atoms with van der Waals surface area (Å²) in [6, 6.07) is 6.92. The van der Waals surface area contributed by atoms with Crippen LogP contribution >= 0.6 is 0 Å². The summed E-state index contributed by atoms with van der Waals surface area (Å²) < 4.78 is 42.2. The number of carbonyl (C=O) groups is 2. The SMILES string of the molecule is COC(CNC(=O)C(F)(F)F)C1C(N)C(=O)N(c2ccccc2)N1C. The number of hydrazine groups is 1. The summed E-state index contributed by atoms with van der Waals surface area (Å²) in [7, 11) is 2.86. The average Bonchev–Trinajstić information content (AvgIpc) is 2.78. The lowest BCUT2D eigenvalue weighted by Gasteiger charge is -2.32. The van der Waals surface area contributed by atoms with Gasteiger partial charge in [0, 0.05) is 20.7 Å². The van der Waals surface area contributed by atoms with Crippen LogP contribution in [0.1, 0.15) is 0 Å². The zero-order chi connectivity index (χ0) is 18.8. The molecule has 1 aliphatic rings. The van der Waals surface area contributed by atoms with Gasteiger partial charge in [-0.2, -0.15) is 13.2 Å². The Morgan fingerprint density at radius 3 is 2.48 bits per heavy atom. The Hall–Kier alpha value is -2.17. The van der Waals surface area contributed by atoms with Gasteiger partial charge >= 0.3 is 12.1 Å². The number of nitrogens with two attached hydrogens (primary N) is 1. The van der Waals surface area contributed by atoms with Gasteiger partial charge in [0.1, 0.15) is 6.04 Å². The molecule has 0 bridgehead atoms. The van der Waals surface area contributed by atoms with Crippen molar-refractivity contribution in [2.45, 2.75) is 24.4 Å². The smallest absolute Gasteiger partial charge is 0.378 e. The van der Waals surface area contributed by atoms with Gasteiger partial charge in [-0.1, -0.05) is 18.2 Å². The topological polar surface area (TPSA) is 87.9 Å². The van der Waals surface area contributed by atoms with Crippen molar-refractivity contribution < 1.29 is 27.5 Å². The fourth-order valence-corrected chi connectivity index (χ4v) is 2.80. The fourth-order valence-electron chi connectivity index (χ4n) is 2.80. The van der Waals surface area contributed by atoms with Gasteiger partial charge in [0.25, 0.3) is 5.91 Å². The van der Waals surface area contributed by atoms with Crippen molar-refractivity contribution in [3.63, 3.8) is 0 Å². The van der Waals surface area contributed by atoms with Gasteiger partial charge in [-0.15, -0.1) is 0 Å². The number of benzene rings is 1. The van der Waals surface area contributed by atoms with Crippen LogP contribution in [-0.2, 0) is 14.3 Å². The van der Waals surface area contributed by atoms with Crippen LogP contribution in [0.5, 0.6) is 0 Å². The second-order valence-electron chi connectivity index (χ2n) is 5.56. The summed E-state index contributed by atoms with van der Waals surface area (Å²) >= 11 is 0. The van der Waals surface area contributed by atoms with E-state index in [0.717, 1.165) is 0 Å². The second-order valence-corrected chi connectivity index (χ2v) is 5.56. The summed E-state index contributed by atoms with van der Waals surface area (Å²) in [5.74, 6) is -2.49. The molecule has 138 valence electrons. The Labute approximate surface area is 142 Å². The predicted molar refractivity (Wildman–Crippen MR) is 83.3 cm³/mol. The van der Waals surface area contributed by atoms with Gasteiger partial charge in [-0.3, -0.25) is 9.59 Å². The summed E-state index contributed by atoms with van der Waals surface area (Å²) in [5, 5.41) is 4.61. The number of likely N-dealkylation sites (N-methyl/N-ethyl adjacent to an activating group) is 1. The number of hydrogen-bond acceptors (Lipinski definition) is 5. The Balaban J connectivity index is 2.16. The van der Waals surface area contributed by atoms with Crippen LogP contribution in [0, 0.1) is 0 Å². The monoisotopic (exact) mass is 360 g/mol. The summed E-state index contributed by atoms with van der Waals surface area (Å²) in [6.07, 6.45) is -5.91. The molecule has 0 aliphatic carbocycles. The lowest BCUT2D eigenvalue weighted by Crippen LogP contribution is -2.54. The molecule has 1 fully saturated rings. The fraction of sp³-hybridized carbons (Fsp3) is 0.467. The molecule has 1 saturated heterocycles. The molecule has 0 spiro atoms. The van der Waals surface area contributed by atoms with Crippen LogP contribution in [0.25, 0.3) is 0 Å². The van der Waals surface area contributed by atoms with Gasteiger partial charge in [0.2, 0.25) is 0 Å². The Morgan fingerprint density at radius 1 is 1.36 bits per heavy atom. The van der Waals surface area contributed by atoms with Crippen molar-refractivity contribution in [3.05, 3.63) is 30.3 Å². The molecule has 7 nitrogen and oxygen atoms in total. The third-order valence-electron chi connectivity index (χ3n) is 4.01. The number of para-hydroxylation sites is 1. The highest BCUT2D eigenvalue weighted by Crippen LogP contribution is 2.27. The molecule has 25 heavy (non-hydrogen) atoms. The van der Waals surface area contributed by atoms with Crippen molar-refractivity contribution in [3.8, 4) is 0 Å². The van der Waals surface area contributed by atoms with E-state index in [1.165, 1.54) is 17.1 Å². The molecule has 3 atom stereocenters. The number of anilines is 1. The van der Waals surface area contributed by atoms with E-state index in [-0.39, 0.29) is 0 Å². The van der Waals surface area contributed by atoms with Crippen molar-refractivity contribution in [2.75, 3.05) is 25.7 Å². The molecule has 1 aromatic carbocycles. The van der Waals surface area contributed by atoms with Crippen LogP contribution in [-0.4, -0.2) is 61.9 Å². The van der Waals surface area contributed by atoms with Crippen LogP contribution in [0.4, 0.5) is 18.9 Å². The normalized spacial score (nSPS) is 23.0. The van der Waals surface area contributed by atoms with Gasteiger partial charge in [-0.05, 0) is 12.1 Å². The van der Waals surface area contributed by atoms with Gasteiger partial charge in [0.05, 0.1) is 17.8 Å². The number of nitrogens with zero attached hydrogens (tertiary/aromatic N) is 2. The average molecular weight is 360 g/mol. The molecule has 1 aromatic rings. The first kappa shape index (κ1) is 19.2. The first-order valence-electron chi connectivity index (χ1n) is 7.43. The maximum atomic E-state index is 12.5. The summed E-state index contributed by atoms with van der Waals surface area (Å²) in [5.41, 5.74) is 6.53. The van der Waals surface area contributed by atoms with Gasteiger partial charge in [0.15, 0.2) is 0 Å². The number of carbonyl (C=O) groups excluding carboxylic acids is 2. The van der Waals surface area contributed by atoms with Crippen LogP contribution in [0.2, 0.25) is 0 Å². The zero-order valence-corrected chi connectivity index (χ0v) is 13.7.